The molecule has 0 saturated heterocycles. The molecule has 0 atom stereocenters. The van der Waals surface area contributed by atoms with Crippen LogP contribution in [0.4, 0.5) is 10.3 Å². The Balaban J connectivity index is 0.000000658. The number of fused-ring (bicyclic) bond motifs is 1. The zero-order valence-electron chi connectivity index (χ0n) is 21.6. The van der Waals surface area contributed by atoms with Gasteiger partial charge in [-0.15, -0.1) is 0 Å². The van der Waals surface area contributed by atoms with Crippen molar-refractivity contribution < 1.29 is 17.4 Å². The number of hydrogen-bond donors (Lipinski definition) is 3. The molecule has 4 aromatic rings. The lowest BCUT2D eigenvalue weighted by Crippen LogP contribution is -2.17. The number of rotatable bonds is 3. The van der Waals surface area contributed by atoms with Crippen molar-refractivity contribution in [3.63, 3.8) is 0 Å². The number of nitrogens with two attached hydrogens (primary N) is 1. The van der Waals surface area contributed by atoms with Crippen LogP contribution in [0.2, 0.25) is 0 Å². The predicted octanol–water partition coefficient (Wildman–Crippen LogP) is 5.06. The van der Waals surface area contributed by atoms with Crippen molar-refractivity contribution in [1.29, 1.82) is 0 Å². The van der Waals surface area contributed by atoms with E-state index in [9.17, 15) is 12.8 Å². The summed E-state index contributed by atoms with van der Waals surface area (Å²) in [5.74, 6) is 1.01. The lowest BCUT2D eigenvalue weighted by atomic mass is 9.96. The lowest BCUT2D eigenvalue weighted by Gasteiger charge is -2.19. The Bertz CT molecular complexity index is 1470. The number of pyridine rings is 1. The fourth-order valence-corrected chi connectivity index (χ4v) is 3.52. The standard InChI is InChI=1S/C24H29FN6.CH4O3S/c1-23(2,3)13-31-20-17(28-22(31)26)12-11-16(27-20)19-18(14-7-9-15(25)10-8-14)29-21(30-19)24(4,5)6;1-5(2,3)4/h7-12H,13H2,1-6H3,(H2,26,28)(H,29,30);1H3,(H,2,3,4). The molecule has 4 rings (SSSR count). The van der Waals surface area contributed by atoms with Crippen molar-refractivity contribution in [2.75, 3.05) is 12.0 Å². The Kier molecular flexibility index (Phi) is 7.29. The Morgan fingerprint density at radius 2 is 1.58 bits per heavy atom. The van der Waals surface area contributed by atoms with Crippen LogP contribution in [-0.4, -0.2) is 43.7 Å². The van der Waals surface area contributed by atoms with Gasteiger partial charge in [-0.05, 0) is 41.8 Å². The minimum atomic E-state index is -3.67. The minimum absolute atomic E-state index is 0.0183. The molecule has 194 valence electrons. The number of H-pyrrole nitrogens is 1. The average Bonchev–Trinajstić information content (AvgIpc) is 3.28. The maximum absolute atomic E-state index is 13.5. The quantitative estimate of drug-likeness (QED) is 0.323. The maximum Gasteiger partial charge on any atom is 0.261 e. The van der Waals surface area contributed by atoms with E-state index in [1.807, 2.05) is 16.7 Å². The number of nitrogens with one attached hydrogen (secondary N) is 1. The van der Waals surface area contributed by atoms with Crippen LogP contribution in [0.5, 0.6) is 0 Å². The van der Waals surface area contributed by atoms with Gasteiger partial charge in [0.05, 0.1) is 17.6 Å². The van der Waals surface area contributed by atoms with E-state index in [1.165, 1.54) is 12.1 Å². The Labute approximate surface area is 210 Å². The summed E-state index contributed by atoms with van der Waals surface area (Å²) >= 11 is 0. The van der Waals surface area contributed by atoms with Crippen molar-refractivity contribution >= 4 is 27.2 Å². The van der Waals surface area contributed by atoms with Gasteiger partial charge in [0.15, 0.2) is 5.65 Å². The van der Waals surface area contributed by atoms with Crippen molar-refractivity contribution in [2.45, 2.75) is 53.5 Å². The number of nitrogen functional groups attached to an aromatic ring is 1. The van der Waals surface area contributed by atoms with Crippen molar-refractivity contribution in [1.82, 2.24) is 24.5 Å². The molecule has 0 aliphatic heterocycles. The van der Waals surface area contributed by atoms with Gasteiger partial charge in [-0.2, -0.15) is 8.42 Å². The second-order valence-electron chi connectivity index (χ2n) is 11.0. The molecule has 1 aromatic carbocycles. The van der Waals surface area contributed by atoms with Crippen LogP contribution in [0.15, 0.2) is 36.4 Å². The number of imidazole rings is 2. The van der Waals surface area contributed by atoms with Crippen LogP contribution in [0, 0.1) is 11.2 Å². The Morgan fingerprint density at radius 3 is 2.11 bits per heavy atom. The van der Waals surface area contributed by atoms with Gasteiger partial charge in [0.25, 0.3) is 10.1 Å². The van der Waals surface area contributed by atoms with Crippen LogP contribution in [0.1, 0.15) is 47.4 Å². The molecule has 36 heavy (non-hydrogen) atoms. The normalized spacial score (nSPS) is 12.5. The number of aromatic nitrogens is 5. The van der Waals surface area contributed by atoms with Crippen LogP contribution in [-0.2, 0) is 22.1 Å². The number of nitrogens with zero attached hydrogens (tertiary/aromatic N) is 4. The van der Waals surface area contributed by atoms with Gasteiger partial charge >= 0.3 is 0 Å². The molecule has 0 radical (unpaired) electrons. The number of anilines is 1. The first-order valence-electron chi connectivity index (χ1n) is 11.3. The molecule has 0 bridgehead atoms. The Hall–Kier alpha value is -3.31. The highest BCUT2D eigenvalue weighted by molar-refractivity contribution is 7.85. The SMILES string of the molecule is CC(C)(C)Cn1c(N)nc2ccc(-c3nc(C(C)(C)C)[nH]c3-c3ccc(F)cc3)nc21.CS(=O)(=O)O. The summed E-state index contributed by atoms with van der Waals surface area (Å²) in [6.07, 6.45) is 0.715. The molecule has 0 spiro atoms. The van der Waals surface area contributed by atoms with Gasteiger partial charge in [-0.1, -0.05) is 41.5 Å². The monoisotopic (exact) mass is 516 g/mol. The van der Waals surface area contributed by atoms with E-state index < -0.39 is 10.1 Å². The average molecular weight is 517 g/mol. The van der Waals surface area contributed by atoms with Crippen molar-refractivity contribution in [3.05, 3.63) is 48.0 Å². The third kappa shape index (κ3) is 6.88. The summed E-state index contributed by atoms with van der Waals surface area (Å²) in [5, 5.41) is 0. The van der Waals surface area contributed by atoms with Gasteiger partial charge in [-0.25, -0.2) is 19.3 Å². The highest BCUT2D eigenvalue weighted by Gasteiger charge is 2.24. The molecule has 0 aliphatic rings. The fraction of sp³-hybridized carbons (Fsp3) is 0.400. The lowest BCUT2D eigenvalue weighted by molar-refractivity contribution is 0.350. The molecule has 0 amide bonds. The molecule has 3 heterocycles. The Morgan fingerprint density at radius 1 is 1.00 bits per heavy atom. The molecular formula is C25H33FN6O3S. The third-order valence-electron chi connectivity index (χ3n) is 5.04. The molecule has 0 aliphatic carbocycles. The van der Waals surface area contributed by atoms with E-state index in [2.05, 4.69) is 51.5 Å². The smallest absolute Gasteiger partial charge is 0.261 e. The van der Waals surface area contributed by atoms with Gasteiger partial charge in [-0.3, -0.25) is 9.12 Å². The zero-order valence-corrected chi connectivity index (χ0v) is 22.4. The van der Waals surface area contributed by atoms with Gasteiger partial charge < -0.3 is 10.7 Å². The van der Waals surface area contributed by atoms with Gasteiger partial charge in [0, 0.05) is 17.5 Å². The van der Waals surface area contributed by atoms with Crippen LogP contribution >= 0.6 is 0 Å². The fourth-order valence-electron chi connectivity index (χ4n) is 3.52. The van der Waals surface area contributed by atoms with Crippen molar-refractivity contribution in [3.8, 4) is 22.6 Å². The molecule has 0 fully saturated rings. The summed E-state index contributed by atoms with van der Waals surface area (Å²) in [4.78, 5) is 17.7. The molecule has 0 saturated carbocycles. The molecule has 3 aromatic heterocycles. The number of halogens is 1. The molecular weight excluding hydrogens is 483 g/mol. The van der Waals surface area contributed by atoms with E-state index in [0.717, 1.165) is 33.9 Å². The third-order valence-corrected chi connectivity index (χ3v) is 5.04. The maximum atomic E-state index is 13.5. The van der Waals surface area contributed by atoms with Gasteiger partial charge in [0.2, 0.25) is 5.95 Å². The van der Waals surface area contributed by atoms with Gasteiger partial charge in [0.1, 0.15) is 22.9 Å². The van der Waals surface area contributed by atoms with Crippen molar-refractivity contribution in [2.24, 2.45) is 5.41 Å². The van der Waals surface area contributed by atoms with Crippen LogP contribution in [0.3, 0.4) is 0 Å². The first-order valence-corrected chi connectivity index (χ1v) is 13.2. The van der Waals surface area contributed by atoms with Crippen LogP contribution < -0.4 is 5.73 Å². The summed E-state index contributed by atoms with van der Waals surface area (Å²) in [5.41, 5.74) is 10.6. The second-order valence-corrected chi connectivity index (χ2v) is 12.4. The predicted molar refractivity (Wildman–Crippen MR) is 141 cm³/mol. The highest BCUT2D eigenvalue weighted by atomic mass is 32.2. The van der Waals surface area contributed by atoms with E-state index in [-0.39, 0.29) is 16.6 Å². The molecule has 11 heteroatoms. The second kappa shape index (κ2) is 9.62. The summed E-state index contributed by atoms with van der Waals surface area (Å²) in [6, 6.07) is 10.2. The molecule has 4 N–H and O–H groups in total. The minimum Gasteiger partial charge on any atom is -0.369 e. The highest BCUT2D eigenvalue weighted by Crippen LogP contribution is 2.34. The van der Waals surface area contributed by atoms with Crippen LogP contribution in [0.25, 0.3) is 33.8 Å². The summed E-state index contributed by atoms with van der Waals surface area (Å²) in [6.45, 7) is 13.4. The first-order chi connectivity index (χ1) is 16.4. The summed E-state index contributed by atoms with van der Waals surface area (Å²) in [7, 11) is -3.67. The number of hydrogen-bond acceptors (Lipinski definition) is 6. The molecule has 9 nitrogen and oxygen atoms in total. The largest absolute Gasteiger partial charge is 0.369 e. The zero-order chi connectivity index (χ0) is 27.1. The topological polar surface area (TPSA) is 140 Å². The van der Waals surface area contributed by atoms with E-state index in [0.29, 0.717) is 24.4 Å². The van der Waals surface area contributed by atoms with E-state index in [1.54, 1.807) is 12.1 Å². The summed E-state index contributed by atoms with van der Waals surface area (Å²) < 4.78 is 41.3. The number of benzene rings is 1. The first kappa shape index (κ1) is 27.3. The van der Waals surface area contributed by atoms with E-state index >= 15 is 0 Å². The molecule has 0 unspecified atom stereocenters. The number of aromatic amines is 1. The van der Waals surface area contributed by atoms with E-state index in [4.69, 9.17) is 20.3 Å².